The third kappa shape index (κ3) is 4.14. The molecule has 0 saturated carbocycles. The van der Waals surface area contributed by atoms with Crippen LogP contribution in [0.2, 0.25) is 0 Å². The van der Waals surface area contributed by atoms with E-state index >= 15 is 0 Å². The van der Waals surface area contributed by atoms with Crippen LogP contribution in [-0.4, -0.2) is 23.8 Å². The average Bonchev–Trinajstić information content (AvgIpc) is 3.07. The Morgan fingerprint density at radius 2 is 1.61 bits per heavy atom. The Labute approximate surface area is 179 Å². The standard InChI is InChI=1S/C25H22FNO4/c1-15-7-6-12-20(24(15)26)22(13-23(28)29)27-25(30)31-14-21-18-10-4-2-8-16(18)17-9-3-5-11-19(17)21/h2-12,21-22H,13-14H2,1H3,(H,27,30)(H,28,29)/t22-/m0/s1. The minimum atomic E-state index is -1.15. The van der Waals surface area contributed by atoms with Crippen molar-refractivity contribution in [1.82, 2.24) is 5.32 Å². The number of alkyl carbamates (subject to hydrolysis) is 1. The van der Waals surface area contributed by atoms with Gasteiger partial charge in [0.05, 0.1) is 12.5 Å². The summed E-state index contributed by atoms with van der Waals surface area (Å²) >= 11 is 0. The number of fused-ring (bicyclic) bond motifs is 3. The van der Waals surface area contributed by atoms with Crippen LogP contribution in [0, 0.1) is 12.7 Å². The molecule has 0 aliphatic heterocycles. The Morgan fingerprint density at radius 3 is 2.23 bits per heavy atom. The van der Waals surface area contributed by atoms with Gasteiger partial charge in [-0.05, 0) is 34.7 Å². The van der Waals surface area contributed by atoms with Crippen molar-refractivity contribution in [3.05, 3.63) is 94.8 Å². The van der Waals surface area contributed by atoms with Crippen LogP contribution < -0.4 is 5.32 Å². The van der Waals surface area contributed by atoms with E-state index in [1.54, 1.807) is 19.1 Å². The largest absolute Gasteiger partial charge is 0.481 e. The molecule has 3 aromatic rings. The molecule has 0 unspecified atom stereocenters. The number of aliphatic carboxylic acids is 1. The van der Waals surface area contributed by atoms with E-state index in [4.69, 9.17) is 4.74 Å². The van der Waals surface area contributed by atoms with Gasteiger partial charge in [-0.2, -0.15) is 0 Å². The van der Waals surface area contributed by atoms with E-state index in [2.05, 4.69) is 5.32 Å². The van der Waals surface area contributed by atoms with Gasteiger partial charge in [-0.25, -0.2) is 9.18 Å². The van der Waals surface area contributed by atoms with Gasteiger partial charge in [0.15, 0.2) is 0 Å². The fourth-order valence-corrected chi connectivity index (χ4v) is 4.13. The van der Waals surface area contributed by atoms with Crippen LogP contribution in [0.3, 0.4) is 0 Å². The first-order chi connectivity index (χ1) is 15.0. The Hall–Kier alpha value is -3.67. The normalized spacial score (nSPS) is 13.2. The maximum atomic E-state index is 14.5. The zero-order valence-corrected chi connectivity index (χ0v) is 17.0. The molecule has 0 bridgehead atoms. The molecule has 6 heteroatoms. The van der Waals surface area contributed by atoms with E-state index in [1.165, 1.54) is 6.07 Å². The fourth-order valence-electron chi connectivity index (χ4n) is 4.13. The van der Waals surface area contributed by atoms with Crippen LogP contribution >= 0.6 is 0 Å². The summed E-state index contributed by atoms with van der Waals surface area (Å²) in [7, 11) is 0. The molecule has 1 aliphatic carbocycles. The second-order valence-corrected chi connectivity index (χ2v) is 7.60. The van der Waals surface area contributed by atoms with Gasteiger partial charge < -0.3 is 15.2 Å². The summed E-state index contributed by atoms with van der Waals surface area (Å²) in [5.41, 5.74) is 4.86. The first-order valence-electron chi connectivity index (χ1n) is 10.0. The molecule has 1 atom stereocenters. The van der Waals surface area contributed by atoms with E-state index in [9.17, 15) is 19.1 Å². The Kier molecular flexibility index (Phi) is 5.71. The summed E-state index contributed by atoms with van der Waals surface area (Å²) in [5.74, 6) is -1.80. The highest BCUT2D eigenvalue weighted by molar-refractivity contribution is 5.79. The van der Waals surface area contributed by atoms with Crippen molar-refractivity contribution in [2.24, 2.45) is 0 Å². The van der Waals surface area contributed by atoms with Gasteiger partial charge in [-0.15, -0.1) is 0 Å². The fraction of sp³-hybridized carbons (Fsp3) is 0.200. The highest BCUT2D eigenvalue weighted by Gasteiger charge is 2.29. The van der Waals surface area contributed by atoms with E-state index in [1.807, 2.05) is 48.5 Å². The molecular weight excluding hydrogens is 397 g/mol. The van der Waals surface area contributed by atoms with Crippen LogP contribution in [0.4, 0.5) is 9.18 Å². The number of carboxylic acid groups (broad SMARTS) is 1. The highest BCUT2D eigenvalue weighted by Crippen LogP contribution is 2.44. The molecule has 0 saturated heterocycles. The Bertz CT molecular complexity index is 1100. The lowest BCUT2D eigenvalue weighted by Gasteiger charge is -2.20. The maximum absolute atomic E-state index is 14.5. The third-order valence-corrected chi connectivity index (χ3v) is 5.61. The Balaban J connectivity index is 1.50. The molecule has 5 nitrogen and oxygen atoms in total. The minimum absolute atomic E-state index is 0.0932. The molecule has 3 aromatic carbocycles. The minimum Gasteiger partial charge on any atom is -0.481 e. The third-order valence-electron chi connectivity index (χ3n) is 5.61. The first kappa shape index (κ1) is 20.6. The van der Waals surface area contributed by atoms with Crippen molar-refractivity contribution in [1.29, 1.82) is 0 Å². The number of halogens is 1. The van der Waals surface area contributed by atoms with E-state index in [-0.39, 0.29) is 18.1 Å². The number of carbonyl (C=O) groups excluding carboxylic acids is 1. The molecule has 0 fully saturated rings. The van der Waals surface area contributed by atoms with Crippen LogP contribution in [0.1, 0.15) is 40.6 Å². The number of hydrogen-bond donors (Lipinski definition) is 2. The molecule has 4 rings (SSSR count). The van der Waals surface area contributed by atoms with Gasteiger partial charge in [0.2, 0.25) is 0 Å². The molecular formula is C25H22FNO4. The van der Waals surface area contributed by atoms with Crippen molar-refractivity contribution >= 4 is 12.1 Å². The number of rotatable bonds is 6. The summed E-state index contributed by atoms with van der Waals surface area (Å²) in [4.78, 5) is 23.8. The lowest BCUT2D eigenvalue weighted by atomic mass is 9.98. The van der Waals surface area contributed by atoms with Gasteiger partial charge in [-0.1, -0.05) is 66.7 Å². The number of carbonyl (C=O) groups is 2. The number of amides is 1. The topological polar surface area (TPSA) is 75.6 Å². The molecule has 0 aromatic heterocycles. The quantitative estimate of drug-likeness (QED) is 0.577. The maximum Gasteiger partial charge on any atom is 0.407 e. The van der Waals surface area contributed by atoms with E-state index in [0.717, 1.165) is 22.3 Å². The summed E-state index contributed by atoms with van der Waals surface area (Å²) in [6.07, 6.45) is -1.24. The molecule has 31 heavy (non-hydrogen) atoms. The summed E-state index contributed by atoms with van der Waals surface area (Å²) in [6, 6.07) is 19.6. The number of hydrogen-bond acceptors (Lipinski definition) is 3. The molecule has 2 N–H and O–H groups in total. The molecule has 158 valence electrons. The average molecular weight is 419 g/mol. The van der Waals surface area contributed by atoms with Gasteiger partial charge in [-0.3, -0.25) is 4.79 Å². The monoisotopic (exact) mass is 419 g/mol. The zero-order valence-electron chi connectivity index (χ0n) is 17.0. The summed E-state index contributed by atoms with van der Waals surface area (Å²) in [6.45, 7) is 1.68. The lowest BCUT2D eigenvalue weighted by molar-refractivity contribution is -0.137. The van der Waals surface area contributed by atoms with E-state index < -0.39 is 30.3 Å². The van der Waals surface area contributed by atoms with Crippen molar-refractivity contribution in [3.63, 3.8) is 0 Å². The zero-order chi connectivity index (χ0) is 22.0. The summed E-state index contributed by atoms with van der Waals surface area (Å²) < 4.78 is 20.0. The van der Waals surface area contributed by atoms with Gasteiger partial charge in [0.25, 0.3) is 0 Å². The van der Waals surface area contributed by atoms with Crippen molar-refractivity contribution < 1.29 is 23.8 Å². The molecule has 1 aliphatic rings. The van der Waals surface area contributed by atoms with Crippen molar-refractivity contribution in [2.75, 3.05) is 6.61 Å². The summed E-state index contributed by atoms with van der Waals surface area (Å²) in [5, 5.41) is 11.7. The molecule has 1 amide bonds. The first-order valence-corrected chi connectivity index (χ1v) is 10.0. The predicted molar refractivity (Wildman–Crippen MR) is 114 cm³/mol. The van der Waals surface area contributed by atoms with Crippen LogP contribution in [0.5, 0.6) is 0 Å². The second-order valence-electron chi connectivity index (χ2n) is 7.60. The molecule has 0 spiro atoms. The van der Waals surface area contributed by atoms with Crippen molar-refractivity contribution in [2.45, 2.75) is 25.3 Å². The number of ether oxygens (including phenoxy) is 1. The number of carboxylic acids is 1. The molecule has 0 heterocycles. The SMILES string of the molecule is Cc1cccc([C@H](CC(=O)O)NC(=O)OCC2c3ccccc3-c3ccccc32)c1F. The Morgan fingerprint density at radius 1 is 1.00 bits per heavy atom. The molecule has 0 radical (unpaired) electrons. The van der Waals surface area contributed by atoms with Gasteiger partial charge >= 0.3 is 12.1 Å². The van der Waals surface area contributed by atoms with E-state index in [0.29, 0.717) is 5.56 Å². The number of aryl methyl sites for hydroxylation is 1. The lowest BCUT2D eigenvalue weighted by Crippen LogP contribution is -2.32. The smallest absolute Gasteiger partial charge is 0.407 e. The van der Waals surface area contributed by atoms with Crippen LogP contribution in [-0.2, 0) is 9.53 Å². The predicted octanol–water partition coefficient (Wildman–Crippen LogP) is 5.19. The van der Waals surface area contributed by atoms with Crippen LogP contribution in [0.15, 0.2) is 66.7 Å². The van der Waals surface area contributed by atoms with Crippen LogP contribution in [0.25, 0.3) is 11.1 Å². The van der Waals surface area contributed by atoms with Crippen molar-refractivity contribution in [3.8, 4) is 11.1 Å². The van der Waals surface area contributed by atoms with Gasteiger partial charge in [0.1, 0.15) is 12.4 Å². The highest BCUT2D eigenvalue weighted by atomic mass is 19.1. The van der Waals surface area contributed by atoms with Gasteiger partial charge in [0, 0.05) is 11.5 Å². The second kappa shape index (κ2) is 8.60. The number of nitrogens with one attached hydrogen (secondary N) is 1. The number of benzene rings is 3.